The lowest BCUT2D eigenvalue weighted by molar-refractivity contribution is 0.620. The van der Waals surface area contributed by atoms with Crippen LogP contribution in [0.2, 0.25) is 0 Å². The van der Waals surface area contributed by atoms with Gasteiger partial charge in [-0.25, -0.2) is 15.0 Å². The molecule has 7 aromatic rings. The molecule has 0 spiro atoms. The van der Waals surface area contributed by atoms with Crippen molar-refractivity contribution in [1.29, 1.82) is 0 Å². The lowest BCUT2D eigenvalue weighted by Gasteiger charge is -2.11. The number of fused-ring (bicyclic) bond motifs is 7. The third kappa shape index (κ3) is 2.93. The second-order valence-corrected chi connectivity index (χ2v) is 8.68. The molecule has 0 bridgehead atoms. The molecule has 0 saturated heterocycles. The van der Waals surface area contributed by atoms with Gasteiger partial charge >= 0.3 is 0 Å². The first kappa shape index (κ1) is 20.4. The summed E-state index contributed by atoms with van der Waals surface area (Å²) in [6.45, 7) is 7.72. The van der Waals surface area contributed by atoms with Crippen LogP contribution < -0.4 is 0 Å². The molecule has 0 fully saturated rings. The van der Waals surface area contributed by atoms with Crippen molar-refractivity contribution in [2.45, 2.75) is 0 Å². The van der Waals surface area contributed by atoms with Gasteiger partial charge in [-0.2, -0.15) is 0 Å². The lowest BCUT2D eigenvalue weighted by Crippen LogP contribution is -1.91. The summed E-state index contributed by atoms with van der Waals surface area (Å²) in [5.41, 5.74) is 7.37. The summed E-state index contributed by atoms with van der Waals surface area (Å²) in [6, 6.07) is 30.9. The number of imidazole rings is 1. The molecular weight excluding hydrogens is 444 g/mol. The van der Waals surface area contributed by atoms with Crippen molar-refractivity contribution < 1.29 is 4.42 Å². The fourth-order valence-electron chi connectivity index (χ4n) is 4.97. The second-order valence-electron chi connectivity index (χ2n) is 8.68. The van der Waals surface area contributed by atoms with Crippen LogP contribution in [0.1, 0.15) is 5.69 Å². The van der Waals surface area contributed by atoms with Crippen LogP contribution >= 0.6 is 0 Å². The predicted octanol–water partition coefficient (Wildman–Crippen LogP) is 8.09. The van der Waals surface area contributed by atoms with Gasteiger partial charge in [0, 0.05) is 16.3 Å². The zero-order valence-electron chi connectivity index (χ0n) is 19.3. The minimum absolute atomic E-state index is 0.619. The minimum atomic E-state index is 0.619. The van der Waals surface area contributed by atoms with Crippen LogP contribution in [0.3, 0.4) is 0 Å². The molecule has 36 heavy (non-hydrogen) atoms. The summed E-state index contributed by atoms with van der Waals surface area (Å²) in [5.74, 6) is 1.32. The van der Waals surface area contributed by atoms with E-state index in [1.165, 1.54) is 0 Å². The van der Waals surface area contributed by atoms with Crippen molar-refractivity contribution in [3.05, 3.63) is 103 Å². The summed E-state index contributed by atoms with van der Waals surface area (Å²) in [6.07, 6.45) is 1.73. The van der Waals surface area contributed by atoms with E-state index in [1.807, 2.05) is 42.5 Å². The fourth-order valence-corrected chi connectivity index (χ4v) is 4.97. The predicted molar refractivity (Wildman–Crippen MR) is 148 cm³/mol. The Kier molecular flexibility index (Phi) is 4.38. The topological polar surface area (TPSA) is 55.7 Å². The molecule has 0 N–H and O–H groups in total. The van der Waals surface area contributed by atoms with Crippen LogP contribution in [0.25, 0.3) is 67.1 Å². The molecule has 5 heteroatoms. The number of nitrogens with zero attached hydrogens (tertiary/aromatic N) is 4. The average molecular weight is 465 g/mol. The van der Waals surface area contributed by atoms with Gasteiger partial charge in [-0.15, -0.1) is 0 Å². The number of oxazole rings is 1. The molecule has 0 aliphatic carbocycles. The number of rotatable bonds is 4. The van der Waals surface area contributed by atoms with Crippen LogP contribution in [0.4, 0.5) is 5.82 Å². The molecule has 0 radical (unpaired) electrons. The normalized spacial score (nSPS) is 11.6. The zero-order valence-corrected chi connectivity index (χ0v) is 19.3. The molecule has 7 rings (SSSR count). The van der Waals surface area contributed by atoms with Crippen LogP contribution in [-0.4, -0.2) is 21.1 Å². The van der Waals surface area contributed by atoms with Gasteiger partial charge in [0.15, 0.2) is 11.4 Å². The number of aromatic nitrogens is 3. The quantitative estimate of drug-likeness (QED) is 0.195. The van der Waals surface area contributed by atoms with Gasteiger partial charge in [0.25, 0.3) is 0 Å². The highest BCUT2D eigenvalue weighted by molar-refractivity contribution is 6.13. The van der Waals surface area contributed by atoms with E-state index < -0.39 is 0 Å². The molecule has 3 aromatic heterocycles. The molecule has 3 heterocycles. The third-order valence-electron chi connectivity index (χ3n) is 6.68. The van der Waals surface area contributed by atoms with Gasteiger partial charge in [0.05, 0.1) is 5.52 Å². The molecule has 0 unspecified atom stereocenters. The van der Waals surface area contributed by atoms with E-state index in [0.717, 1.165) is 60.8 Å². The van der Waals surface area contributed by atoms with Gasteiger partial charge in [0.2, 0.25) is 5.89 Å². The number of hydrogen-bond donors (Lipinski definition) is 0. The Hall–Kier alpha value is -5.03. The number of para-hydroxylation sites is 3. The highest BCUT2D eigenvalue weighted by Crippen LogP contribution is 2.37. The van der Waals surface area contributed by atoms with E-state index in [-0.39, 0.29) is 0 Å². The first-order valence-corrected chi connectivity index (χ1v) is 11.7. The van der Waals surface area contributed by atoms with Crippen molar-refractivity contribution in [3.8, 4) is 22.6 Å². The van der Waals surface area contributed by atoms with E-state index in [1.54, 1.807) is 6.08 Å². The van der Waals surface area contributed by atoms with E-state index in [2.05, 4.69) is 76.2 Å². The Balaban J connectivity index is 1.41. The molecule has 0 atom stereocenters. The fraction of sp³-hybridized carbons (Fsp3) is 0. The number of pyridine rings is 1. The molecule has 0 aliphatic heterocycles. The van der Waals surface area contributed by atoms with E-state index >= 15 is 0 Å². The van der Waals surface area contributed by atoms with E-state index in [9.17, 15) is 0 Å². The minimum Gasteiger partial charge on any atom is -0.436 e. The monoisotopic (exact) mass is 464 g/mol. The van der Waals surface area contributed by atoms with E-state index in [0.29, 0.717) is 11.7 Å². The Morgan fingerprint density at radius 2 is 1.50 bits per heavy atom. The van der Waals surface area contributed by atoms with Crippen LogP contribution in [0.5, 0.6) is 0 Å². The second kappa shape index (κ2) is 7.75. The Morgan fingerprint density at radius 3 is 2.31 bits per heavy atom. The van der Waals surface area contributed by atoms with Crippen LogP contribution in [0.15, 0.2) is 107 Å². The van der Waals surface area contributed by atoms with Crippen molar-refractivity contribution in [3.63, 3.8) is 0 Å². The summed E-state index contributed by atoms with van der Waals surface area (Å²) >= 11 is 0. The Bertz CT molecular complexity index is 1940. The molecular formula is C31H20N4O. The molecule has 0 saturated carbocycles. The van der Waals surface area contributed by atoms with Crippen LogP contribution in [0, 0.1) is 0 Å². The SMILES string of the molecule is C=Cc1nc2c3cc(-c4ccc(-c5nc6ccccc6o5)cc4)ccc3c3ccccc3n2c1N=C. The third-order valence-corrected chi connectivity index (χ3v) is 6.68. The highest BCUT2D eigenvalue weighted by Gasteiger charge is 2.17. The molecule has 4 aromatic carbocycles. The largest absolute Gasteiger partial charge is 0.436 e. The summed E-state index contributed by atoms with van der Waals surface area (Å²) in [5, 5.41) is 3.32. The maximum atomic E-state index is 5.94. The Morgan fingerprint density at radius 1 is 0.750 bits per heavy atom. The van der Waals surface area contributed by atoms with Gasteiger partial charge in [0.1, 0.15) is 16.9 Å². The summed E-state index contributed by atoms with van der Waals surface area (Å²) in [4.78, 5) is 13.8. The molecule has 170 valence electrons. The van der Waals surface area contributed by atoms with Crippen molar-refractivity contribution >= 4 is 57.0 Å². The summed E-state index contributed by atoms with van der Waals surface area (Å²) in [7, 11) is 0. The van der Waals surface area contributed by atoms with E-state index in [4.69, 9.17) is 9.40 Å². The highest BCUT2D eigenvalue weighted by atomic mass is 16.3. The van der Waals surface area contributed by atoms with Crippen molar-refractivity contribution in [1.82, 2.24) is 14.4 Å². The first-order valence-electron chi connectivity index (χ1n) is 11.7. The average Bonchev–Trinajstić information content (AvgIpc) is 3.55. The number of benzene rings is 4. The van der Waals surface area contributed by atoms with Crippen LogP contribution in [-0.2, 0) is 0 Å². The lowest BCUT2D eigenvalue weighted by atomic mass is 9.98. The summed E-state index contributed by atoms with van der Waals surface area (Å²) < 4.78 is 8.01. The van der Waals surface area contributed by atoms with Gasteiger partial charge in [-0.1, -0.05) is 61.2 Å². The maximum absolute atomic E-state index is 5.94. The van der Waals surface area contributed by atoms with Crippen molar-refractivity contribution in [2.75, 3.05) is 0 Å². The molecule has 5 nitrogen and oxygen atoms in total. The molecule has 0 amide bonds. The van der Waals surface area contributed by atoms with Crippen molar-refractivity contribution in [2.24, 2.45) is 4.99 Å². The van der Waals surface area contributed by atoms with Gasteiger partial charge in [-0.05, 0) is 65.7 Å². The number of hydrogen-bond acceptors (Lipinski definition) is 4. The molecule has 0 aliphatic rings. The first-order chi connectivity index (χ1) is 17.7. The number of aliphatic imine (C=N–C) groups is 1. The smallest absolute Gasteiger partial charge is 0.227 e. The maximum Gasteiger partial charge on any atom is 0.227 e. The van der Waals surface area contributed by atoms with Gasteiger partial charge in [-0.3, -0.25) is 4.40 Å². The standard InChI is InChI=1S/C31H20N4O/c1-3-25-30(32-2)35-27-10-6-4-8-23(27)22-17-16-21(18-24(22)29(35)33-25)19-12-14-20(15-13-19)31-34-26-9-5-7-11-28(26)36-31/h3-18H,1-2H2. The Labute approximate surface area is 206 Å². The van der Waals surface area contributed by atoms with Gasteiger partial charge < -0.3 is 4.42 Å². The zero-order chi connectivity index (χ0) is 24.2.